The Hall–Kier alpha value is -1.15. The fourth-order valence-electron chi connectivity index (χ4n) is 1.02. The van der Waals surface area contributed by atoms with Crippen LogP contribution in [0.3, 0.4) is 0 Å². The average molecular weight is 262 g/mol. The maximum absolute atomic E-state index is 13.4. The zero-order valence-electron chi connectivity index (χ0n) is 7.27. The molecule has 1 aromatic carbocycles. The van der Waals surface area contributed by atoms with Crippen LogP contribution in [0.25, 0.3) is 0 Å². The quantitative estimate of drug-likeness (QED) is 0.768. The second-order valence-electron chi connectivity index (χ2n) is 2.51. The first-order valence-electron chi connectivity index (χ1n) is 3.69. The molecule has 5 heteroatoms. The summed E-state index contributed by atoms with van der Waals surface area (Å²) in [6, 6.07) is 3.02. The molecule has 0 bridgehead atoms. The van der Waals surface area contributed by atoms with Gasteiger partial charge in [-0.2, -0.15) is 5.26 Å². The minimum atomic E-state index is -0.824. The predicted molar refractivity (Wildman–Crippen MR) is 49.9 cm³/mol. The third-order valence-electron chi connectivity index (χ3n) is 1.66. The first kappa shape index (κ1) is 10.9. The maximum Gasteiger partial charge on any atom is 0.191 e. The number of nitriles is 1. The Morgan fingerprint density at radius 3 is 2.64 bits per heavy atom. The highest BCUT2D eigenvalue weighted by Gasteiger charge is 2.17. The lowest BCUT2D eigenvalue weighted by Gasteiger charge is -2.07. The Bertz CT molecular complexity index is 401. The van der Waals surface area contributed by atoms with Crippen LogP contribution in [-0.4, -0.2) is 7.11 Å². The molecule has 0 saturated heterocycles. The van der Waals surface area contributed by atoms with Gasteiger partial charge in [-0.15, -0.1) is 0 Å². The van der Waals surface area contributed by atoms with Crippen molar-refractivity contribution >= 4 is 15.9 Å². The molecule has 0 atom stereocenters. The number of ether oxygens (including phenoxy) is 1. The van der Waals surface area contributed by atoms with Crippen molar-refractivity contribution in [2.24, 2.45) is 0 Å². The zero-order valence-corrected chi connectivity index (χ0v) is 8.86. The van der Waals surface area contributed by atoms with Gasteiger partial charge in [0, 0.05) is 5.56 Å². The van der Waals surface area contributed by atoms with Crippen LogP contribution in [0.15, 0.2) is 10.5 Å². The van der Waals surface area contributed by atoms with E-state index in [2.05, 4.69) is 20.7 Å². The van der Waals surface area contributed by atoms with Crippen molar-refractivity contribution in [2.75, 3.05) is 7.11 Å². The standard InChI is InChI=1S/C9H6BrF2NO/c1-14-9-7(11)5(2-3-13)4-6(10)8(9)12/h4H,2H2,1H3. The molecule has 2 nitrogen and oxygen atoms in total. The van der Waals surface area contributed by atoms with E-state index in [4.69, 9.17) is 5.26 Å². The van der Waals surface area contributed by atoms with Crippen molar-refractivity contribution in [3.05, 3.63) is 27.7 Å². The normalized spacial score (nSPS) is 9.64. The number of hydrogen-bond donors (Lipinski definition) is 0. The molecule has 0 N–H and O–H groups in total. The Labute approximate surface area is 88.2 Å². The molecule has 0 amide bonds. The van der Waals surface area contributed by atoms with E-state index in [1.54, 1.807) is 6.07 Å². The van der Waals surface area contributed by atoms with Crippen molar-refractivity contribution in [1.29, 1.82) is 5.26 Å². The summed E-state index contributed by atoms with van der Waals surface area (Å²) in [5.41, 5.74) is 0.109. The molecule has 0 heterocycles. The van der Waals surface area contributed by atoms with Crippen LogP contribution in [0.5, 0.6) is 5.75 Å². The first-order valence-corrected chi connectivity index (χ1v) is 4.48. The lowest BCUT2D eigenvalue weighted by atomic mass is 10.1. The van der Waals surface area contributed by atoms with Crippen LogP contribution in [0.4, 0.5) is 8.78 Å². The Morgan fingerprint density at radius 1 is 1.50 bits per heavy atom. The van der Waals surface area contributed by atoms with Gasteiger partial charge in [-0.05, 0) is 22.0 Å². The van der Waals surface area contributed by atoms with Gasteiger partial charge in [0.15, 0.2) is 17.4 Å². The molecular weight excluding hydrogens is 256 g/mol. The van der Waals surface area contributed by atoms with Gasteiger partial charge in [0.05, 0.1) is 24.1 Å². The van der Waals surface area contributed by atoms with Crippen molar-refractivity contribution in [2.45, 2.75) is 6.42 Å². The molecule has 0 fully saturated rings. The smallest absolute Gasteiger partial charge is 0.191 e. The fourth-order valence-corrected chi connectivity index (χ4v) is 1.48. The highest BCUT2D eigenvalue weighted by atomic mass is 79.9. The molecule has 0 saturated carbocycles. The van der Waals surface area contributed by atoms with Crippen LogP contribution < -0.4 is 4.74 Å². The molecule has 1 aromatic rings. The van der Waals surface area contributed by atoms with E-state index in [0.29, 0.717) is 0 Å². The molecule has 0 unspecified atom stereocenters. The molecule has 0 spiro atoms. The van der Waals surface area contributed by atoms with Crippen molar-refractivity contribution in [3.8, 4) is 11.8 Å². The summed E-state index contributed by atoms with van der Waals surface area (Å²) < 4.78 is 31.2. The fraction of sp³-hybridized carbons (Fsp3) is 0.222. The lowest BCUT2D eigenvalue weighted by molar-refractivity contribution is 0.357. The Balaban J connectivity index is 3.36. The molecule has 0 aliphatic rings. The minimum Gasteiger partial charge on any atom is -0.491 e. The zero-order chi connectivity index (χ0) is 10.7. The summed E-state index contributed by atoms with van der Waals surface area (Å²) in [7, 11) is 1.17. The van der Waals surface area contributed by atoms with Gasteiger partial charge in [0.25, 0.3) is 0 Å². The van der Waals surface area contributed by atoms with Gasteiger partial charge in [-0.25, -0.2) is 8.78 Å². The third-order valence-corrected chi connectivity index (χ3v) is 2.24. The van der Waals surface area contributed by atoms with Crippen LogP contribution in [0.2, 0.25) is 0 Å². The second-order valence-corrected chi connectivity index (χ2v) is 3.37. The number of methoxy groups -OCH3 is 1. The van der Waals surface area contributed by atoms with Gasteiger partial charge < -0.3 is 4.74 Å². The molecule has 14 heavy (non-hydrogen) atoms. The highest BCUT2D eigenvalue weighted by molar-refractivity contribution is 9.10. The van der Waals surface area contributed by atoms with E-state index in [1.807, 2.05) is 0 Å². The van der Waals surface area contributed by atoms with Gasteiger partial charge in [-0.3, -0.25) is 0 Å². The van der Waals surface area contributed by atoms with Crippen molar-refractivity contribution in [3.63, 3.8) is 0 Å². The van der Waals surface area contributed by atoms with Crippen LogP contribution in [-0.2, 0) is 6.42 Å². The van der Waals surface area contributed by atoms with E-state index in [0.717, 1.165) is 0 Å². The van der Waals surface area contributed by atoms with E-state index >= 15 is 0 Å². The SMILES string of the molecule is COc1c(F)c(Br)cc(CC#N)c1F. The van der Waals surface area contributed by atoms with Crippen LogP contribution in [0.1, 0.15) is 5.56 Å². The second kappa shape index (κ2) is 4.38. The summed E-state index contributed by atoms with van der Waals surface area (Å²) in [5, 5.41) is 8.40. The topological polar surface area (TPSA) is 33.0 Å². The van der Waals surface area contributed by atoms with Crippen LogP contribution in [0, 0.1) is 23.0 Å². The van der Waals surface area contributed by atoms with Crippen LogP contribution >= 0.6 is 15.9 Å². The first-order chi connectivity index (χ1) is 6.61. The van der Waals surface area contributed by atoms with E-state index in [9.17, 15) is 8.78 Å². The van der Waals surface area contributed by atoms with Gasteiger partial charge in [0.1, 0.15) is 0 Å². The molecule has 0 radical (unpaired) electrons. The number of benzene rings is 1. The Morgan fingerprint density at radius 2 is 2.14 bits per heavy atom. The summed E-state index contributed by atoms with van der Waals surface area (Å²) >= 11 is 2.91. The van der Waals surface area contributed by atoms with E-state index in [1.165, 1.54) is 13.2 Å². The monoisotopic (exact) mass is 261 g/mol. The van der Waals surface area contributed by atoms with Gasteiger partial charge >= 0.3 is 0 Å². The Kier molecular flexibility index (Phi) is 3.42. The summed E-state index contributed by atoms with van der Waals surface area (Å²) in [4.78, 5) is 0. The molecule has 0 aromatic heterocycles. The number of rotatable bonds is 2. The third kappa shape index (κ3) is 1.85. The molecule has 0 aliphatic heterocycles. The van der Waals surface area contributed by atoms with Gasteiger partial charge in [0.2, 0.25) is 0 Å². The highest BCUT2D eigenvalue weighted by Crippen LogP contribution is 2.30. The predicted octanol–water partition coefficient (Wildman–Crippen LogP) is 2.80. The van der Waals surface area contributed by atoms with E-state index < -0.39 is 17.4 Å². The average Bonchev–Trinajstić information content (AvgIpc) is 2.16. The number of halogens is 3. The maximum atomic E-state index is 13.4. The largest absolute Gasteiger partial charge is 0.491 e. The summed E-state index contributed by atoms with van der Waals surface area (Å²) in [6.07, 6.45) is -0.124. The number of nitrogens with zero attached hydrogens (tertiary/aromatic N) is 1. The molecule has 1 rings (SSSR count). The molecular formula is C9H6BrF2NO. The minimum absolute atomic E-state index is 0.0843. The van der Waals surface area contributed by atoms with Crippen molar-refractivity contribution < 1.29 is 13.5 Å². The van der Waals surface area contributed by atoms with Gasteiger partial charge in [-0.1, -0.05) is 0 Å². The molecule has 0 aliphatic carbocycles. The summed E-state index contributed by atoms with van der Waals surface area (Å²) in [5.74, 6) is -2.09. The van der Waals surface area contributed by atoms with Crippen molar-refractivity contribution in [1.82, 2.24) is 0 Å². The summed E-state index contributed by atoms with van der Waals surface area (Å²) in [6.45, 7) is 0. The number of hydrogen-bond acceptors (Lipinski definition) is 2. The van der Waals surface area contributed by atoms with E-state index in [-0.39, 0.29) is 16.5 Å². The lowest BCUT2D eigenvalue weighted by Crippen LogP contribution is -1.98. The molecule has 74 valence electrons.